The van der Waals surface area contributed by atoms with Gasteiger partial charge in [0.1, 0.15) is 0 Å². The lowest BCUT2D eigenvalue weighted by Crippen LogP contribution is -2.49. The lowest BCUT2D eigenvalue weighted by molar-refractivity contribution is 0.183. The molecule has 1 aliphatic rings. The number of likely N-dealkylation sites (N-methyl/N-ethyl adjacent to an activating group) is 1. The van der Waals surface area contributed by atoms with Crippen molar-refractivity contribution < 1.29 is 0 Å². The van der Waals surface area contributed by atoms with Gasteiger partial charge in [-0.3, -0.25) is 4.90 Å². The van der Waals surface area contributed by atoms with E-state index in [0.29, 0.717) is 0 Å². The molecule has 10 heavy (non-hydrogen) atoms. The molecule has 3 nitrogen and oxygen atoms in total. The van der Waals surface area contributed by atoms with Crippen LogP contribution in [0.25, 0.3) is 0 Å². The van der Waals surface area contributed by atoms with E-state index < -0.39 is 0 Å². The van der Waals surface area contributed by atoms with Gasteiger partial charge in [-0.2, -0.15) is 0 Å². The van der Waals surface area contributed by atoms with E-state index >= 15 is 0 Å². The average Bonchev–Trinajstić information content (AvgIpc) is 1.89. The molecule has 1 saturated heterocycles. The van der Waals surface area contributed by atoms with Gasteiger partial charge in [-0.1, -0.05) is 6.92 Å². The van der Waals surface area contributed by atoms with Crippen LogP contribution in [-0.4, -0.2) is 37.1 Å². The molecule has 1 unspecified atom stereocenters. The zero-order chi connectivity index (χ0) is 6.69. The Bertz CT molecular complexity index is 84.9. The smallest absolute Gasteiger partial charge is 0.0192 e. The third-order valence-electron chi connectivity index (χ3n) is 2.05. The van der Waals surface area contributed by atoms with Crippen LogP contribution in [0.2, 0.25) is 0 Å². The Morgan fingerprint density at radius 2 is 2.30 bits per heavy atom. The Balaban J connectivity index is 0.000000810. The molecule has 0 aliphatic carbocycles. The van der Waals surface area contributed by atoms with E-state index in [4.69, 9.17) is 0 Å². The molecule has 1 atom stereocenters. The highest BCUT2D eigenvalue weighted by Gasteiger charge is 2.14. The van der Waals surface area contributed by atoms with Crippen LogP contribution < -0.4 is 11.5 Å². The fraction of sp³-hybridized carbons (Fsp3) is 1.00. The van der Waals surface area contributed by atoms with Gasteiger partial charge in [0.15, 0.2) is 0 Å². The number of hydrogen-bond acceptors (Lipinski definition) is 3. The molecule has 0 aromatic rings. The van der Waals surface area contributed by atoms with Gasteiger partial charge < -0.3 is 11.5 Å². The molecular formula is C7H19N3. The van der Waals surface area contributed by atoms with E-state index in [-0.39, 0.29) is 6.15 Å². The molecule has 0 aromatic carbocycles. The second-order valence-electron chi connectivity index (χ2n) is 2.68. The van der Waals surface area contributed by atoms with Crippen molar-refractivity contribution >= 4 is 0 Å². The molecule has 62 valence electrons. The van der Waals surface area contributed by atoms with Gasteiger partial charge in [0.25, 0.3) is 0 Å². The zero-order valence-electron chi connectivity index (χ0n) is 7.06. The summed E-state index contributed by atoms with van der Waals surface area (Å²) in [4.78, 5) is 2.50. The van der Waals surface area contributed by atoms with Crippen LogP contribution in [-0.2, 0) is 0 Å². The first-order valence-corrected chi connectivity index (χ1v) is 3.79. The van der Waals surface area contributed by atoms with E-state index in [1.54, 1.807) is 0 Å². The summed E-state index contributed by atoms with van der Waals surface area (Å²) in [5.74, 6) is 0. The number of hydrogen-bond donors (Lipinski definition) is 2. The van der Waals surface area contributed by atoms with Crippen molar-refractivity contribution in [2.45, 2.75) is 19.9 Å². The summed E-state index contributed by atoms with van der Waals surface area (Å²) < 4.78 is 0. The highest BCUT2D eigenvalue weighted by atomic mass is 15.2. The van der Waals surface area contributed by atoms with E-state index in [1.165, 1.54) is 13.1 Å². The van der Waals surface area contributed by atoms with Crippen molar-refractivity contribution in [2.75, 3.05) is 26.2 Å². The number of rotatable bonds is 1. The minimum atomic E-state index is 0. The molecule has 0 radical (unpaired) electrons. The standard InChI is InChI=1S/C7H16N2.H3N/c1-3-9-5-4-8-6-7(9)2;/h7-8H,3-6H2,1-2H3;1H3. The first-order chi connectivity index (χ1) is 4.34. The molecule has 0 aromatic heterocycles. The Morgan fingerprint density at radius 3 is 2.70 bits per heavy atom. The third-order valence-corrected chi connectivity index (χ3v) is 2.05. The maximum absolute atomic E-state index is 3.36. The molecule has 3 heteroatoms. The van der Waals surface area contributed by atoms with Crippen molar-refractivity contribution in [1.82, 2.24) is 16.4 Å². The minimum absolute atomic E-state index is 0. The van der Waals surface area contributed by atoms with E-state index in [9.17, 15) is 0 Å². The minimum Gasteiger partial charge on any atom is -0.344 e. The van der Waals surface area contributed by atoms with Crippen LogP contribution >= 0.6 is 0 Å². The van der Waals surface area contributed by atoms with Crippen LogP contribution in [0.5, 0.6) is 0 Å². The van der Waals surface area contributed by atoms with Crippen molar-refractivity contribution in [2.24, 2.45) is 0 Å². The van der Waals surface area contributed by atoms with Gasteiger partial charge >= 0.3 is 0 Å². The Morgan fingerprint density at radius 1 is 1.60 bits per heavy atom. The molecule has 0 bridgehead atoms. The molecule has 1 aliphatic heterocycles. The first kappa shape index (κ1) is 9.88. The van der Waals surface area contributed by atoms with Crippen molar-refractivity contribution in [3.8, 4) is 0 Å². The van der Waals surface area contributed by atoms with Crippen LogP contribution in [0.15, 0.2) is 0 Å². The van der Waals surface area contributed by atoms with E-state index in [0.717, 1.165) is 19.1 Å². The van der Waals surface area contributed by atoms with Crippen LogP contribution in [0, 0.1) is 0 Å². The lowest BCUT2D eigenvalue weighted by Gasteiger charge is -2.32. The van der Waals surface area contributed by atoms with Crippen LogP contribution in [0.4, 0.5) is 0 Å². The van der Waals surface area contributed by atoms with Crippen LogP contribution in [0.1, 0.15) is 13.8 Å². The largest absolute Gasteiger partial charge is 0.344 e. The van der Waals surface area contributed by atoms with Crippen molar-refractivity contribution in [1.29, 1.82) is 0 Å². The van der Waals surface area contributed by atoms with Crippen LogP contribution in [0.3, 0.4) is 0 Å². The molecule has 1 fully saturated rings. The van der Waals surface area contributed by atoms with Gasteiger partial charge in [-0.15, -0.1) is 0 Å². The molecular weight excluding hydrogens is 126 g/mol. The second-order valence-corrected chi connectivity index (χ2v) is 2.68. The number of nitrogens with one attached hydrogen (secondary N) is 1. The summed E-state index contributed by atoms with van der Waals surface area (Å²) >= 11 is 0. The molecule has 0 amide bonds. The molecule has 1 heterocycles. The molecule has 0 saturated carbocycles. The maximum Gasteiger partial charge on any atom is 0.0192 e. The topological polar surface area (TPSA) is 50.3 Å². The maximum atomic E-state index is 3.36. The van der Waals surface area contributed by atoms with E-state index in [2.05, 4.69) is 24.1 Å². The van der Waals surface area contributed by atoms with Crippen molar-refractivity contribution in [3.05, 3.63) is 0 Å². The van der Waals surface area contributed by atoms with E-state index in [1.807, 2.05) is 0 Å². The quantitative estimate of drug-likeness (QED) is 0.563. The van der Waals surface area contributed by atoms with Crippen molar-refractivity contribution in [3.63, 3.8) is 0 Å². The highest BCUT2D eigenvalue weighted by Crippen LogP contribution is 1.99. The van der Waals surface area contributed by atoms with Gasteiger partial charge in [-0.25, -0.2) is 0 Å². The Labute approximate surface area is 63.4 Å². The normalized spacial score (nSPS) is 27.6. The first-order valence-electron chi connectivity index (χ1n) is 3.79. The number of piperazine rings is 1. The summed E-state index contributed by atoms with van der Waals surface area (Å²) in [6.45, 7) is 9.24. The fourth-order valence-electron chi connectivity index (χ4n) is 1.35. The predicted octanol–water partition coefficient (Wildman–Crippen LogP) is 0.462. The second kappa shape index (κ2) is 4.66. The highest BCUT2D eigenvalue weighted by molar-refractivity contribution is 4.74. The Hall–Kier alpha value is -0.120. The summed E-state index contributed by atoms with van der Waals surface area (Å²) in [5.41, 5.74) is 0. The van der Waals surface area contributed by atoms with Gasteiger partial charge in [0, 0.05) is 25.7 Å². The predicted molar refractivity (Wildman–Crippen MR) is 44.6 cm³/mol. The van der Waals surface area contributed by atoms with Gasteiger partial charge in [0.05, 0.1) is 0 Å². The fourth-order valence-corrected chi connectivity index (χ4v) is 1.35. The summed E-state index contributed by atoms with van der Waals surface area (Å²) in [6, 6.07) is 0.740. The average molecular weight is 145 g/mol. The summed E-state index contributed by atoms with van der Waals surface area (Å²) in [5, 5.41) is 3.36. The molecule has 1 rings (SSSR count). The number of nitrogens with zero attached hydrogens (tertiary/aromatic N) is 1. The zero-order valence-corrected chi connectivity index (χ0v) is 7.06. The van der Waals surface area contributed by atoms with Gasteiger partial charge in [0.2, 0.25) is 0 Å². The third kappa shape index (κ3) is 2.25. The molecule has 4 N–H and O–H groups in total. The lowest BCUT2D eigenvalue weighted by atomic mass is 10.2. The Kier molecular flexibility index (Phi) is 4.60. The molecule has 0 spiro atoms. The SMILES string of the molecule is CCN1CCNCC1C.N. The summed E-state index contributed by atoms with van der Waals surface area (Å²) in [7, 11) is 0. The monoisotopic (exact) mass is 145 g/mol. The van der Waals surface area contributed by atoms with Gasteiger partial charge in [-0.05, 0) is 13.5 Å². The summed E-state index contributed by atoms with van der Waals surface area (Å²) in [6.07, 6.45) is 0.